The molecule has 0 saturated carbocycles. The van der Waals surface area contributed by atoms with Crippen LogP contribution < -0.4 is 5.32 Å². The van der Waals surface area contributed by atoms with E-state index in [0.29, 0.717) is 19.4 Å². The van der Waals surface area contributed by atoms with Crippen LogP contribution in [0.15, 0.2) is 36.7 Å². The second kappa shape index (κ2) is 5.99. The molecule has 1 aromatic heterocycles. The van der Waals surface area contributed by atoms with Gasteiger partial charge in [-0.05, 0) is 31.9 Å². The van der Waals surface area contributed by atoms with Crippen molar-refractivity contribution in [3.05, 3.63) is 36.7 Å². The van der Waals surface area contributed by atoms with Gasteiger partial charge in [-0.1, -0.05) is 19.1 Å². The molecule has 23 heavy (non-hydrogen) atoms. The number of carbonyl (C=O) groups is 2. The molecule has 3 rings (SSSR count). The zero-order valence-electron chi connectivity index (χ0n) is 13.5. The van der Waals surface area contributed by atoms with E-state index in [-0.39, 0.29) is 11.8 Å². The Hall–Kier alpha value is -2.43. The smallest absolute Gasteiger partial charge is 0.250 e. The van der Waals surface area contributed by atoms with Gasteiger partial charge in [0.2, 0.25) is 11.8 Å². The fourth-order valence-electron chi connectivity index (χ4n) is 3.03. The van der Waals surface area contributed by atoms with Crippen LogP contribution in [-0.4, -0.2) is 33.8 Å². The molecule has 1 atom stereocenters. The number of pyridine rings is 1. The van der Waals surface area contributed by atoms with Gasteiger partial charge in [-0.2, -0.15) is 0 Å². The molecule has 5 nitrogen and oxygen atoms in total. The van der Waals surface area contributed by atoms with Gasteiger partial charge in [-0.3, -0.25) is 14.6 Å². The average molecular weight is 311 g/mol. The predicted molar refractivity (Wildman–Crippen MR) is 90.0 cm³/mol. The van der Waals surface area contributed by atoms with Gasteiger partial charge in [0, 0.05) is 41.8 Å². The number of nitrogens with zero attached hydrogens (tertiary/aromatic N) is 2. The van der Waals surface area contributed by atoms with E-state index >= 15 is 0 Å². The number of rotatable bonds is 4. The Kier molecular flexibility index (Phi) is 4.03. The summed E-state index contributed by atoms with van der Waals surface area (Å²) in [6.45, 7) is 4.47. The third-order valence-corrected chi connectivity index (χ3v) is 4.60. The van der Waals surface area contributed by atoms with Crippen molar-refractivity contribution in [2.45, 2.75) is 38.6 Å². The standard InChI is InChI=1S/C18H21N3O2/c1-3-5-16(22)21-11-9-18(21,2)17(23)20-15-7-4-6-13-12-19-10-8-14(13)15/h4,6-8,10,12H,3,5,9,11H2,1-2H3,(H,20,23). The third kappa shape index (κ3) is 2.67. The molecule has 2 amide bonds. The number of anilines is 1. The van der Waals surface area contributed by atoms with Gasteiger partial charge in [-0.15, -0.1) is 0 Å². The van der Waals surface area contributed by atoms with Crippen molar-refractivity contribution in [1.82, 2.24) is 9.88 Å². The van der Waals surface area contributed by atoms with Gasteiger partial charge >= 0.3 is 0 Å². The van der Waals surface area contributed by atoms with Gasteiger partial charge < -0.3 is 10.2 Å². The third-order valence-electron chi connectivity index (χ3n) is 4.60. The Labute approximate surface area is 135 Å². The number of nitrogens with one attached hydrogen (secondary N) is 1. The summed E-state index contributed by atoms with van der Waals surface area (Å²) in [7, 11) is 0. The molecule has 1 aliphatic heterocycles. The maximum Gasteiger partial charge on any atom is 0.250 e. The molecule has 0 aliphatic carbocycles. The van der Waals surface area contributed by atoms with E-state index in [9.17, 15) is 9.59 Å². The Balaban J connectivity index is 1.82. The first-order valence-electron chi connectivity index (χ1n) is 8.01. The van der Waals surface area contributed by atoms with Crippen molar-refractivity contribution in [2.24, 2.45) is 0 Å². The summed E-state index contributed by atoms with van der Waals surface area (Å²) >= 11 is 0. The summed E-state index contributed by atoms with van der Waals surface area (Å²) in [4.78, 5) is 30.7. The first-order valence-corrected chi connectivity index (χ1v) is 8.01. The van der Waals surface area contributed by atoms with Crippen molar-refractivity contribution in [3.8, 4) is 0 Å². The Morgan fingerprint density at radius 3 is 2.87 bits per heavy atom. The van der Waals surface area contributed by atoms with Gasteiger partial charge in [0.05, 0.1) is 0 Å². The zero-order valence-corrected chi connectivity index (χ0v) is 13.5. The molecular formula is C18H21N3O2. The summed E-state index contributed by atoms with van der Waals surface area (Å²) in [5, 5.41) is 4.92. The minimum Gasteiger partial charge on any atom is -0.328 e. The maximum atomic E-state index is 12.8. The molecule has 0 bridgehead atoms. The monoisotopic (exact) mass is 311 g/mol. The number of likely N-dealkylation sites (tertiary alicyclic amines) is 1. The number of aromatic nitrogens is 1. The largest absolute Gasteiger partial charge is 0.328 e. The molecule has 5 heteroatoms. The van der Waals surface area contributed by atoms with Gasteiger partial charge in [0.1, 0.15) is 5.54 Å². The lowest BCUT2D eigenvalue weighted by molar-refractivity contribution is -0.154. The van der Waals surface area contributed by atoms with Crippen LogP contribution in [0.25, 0.3) is 10.8 Å². The molecule has 1 saturated heterocycles. The minimum atomic E-state index is -0.749. The quantitative estimate of drug-likeness (QED) is 0.944. The van der Waals surface area contributed by atoms with Crippen molar-refractivity contribution in [1.29, 1.82) is 0 Å². The second-order valence-electron chi connectivity index (χ2n) is 6.18. The highest BCUT2D eigenvalue weighted by atomic mass is 16.2. The number of hydrogen-bond donors (Lipinski definition) is 1. The van der Waals surface area contributed by atoms with Gasteiger partial charge in [0.25, 0.3) is 0 Å². The van der Waals surface area contributed by atoms with Crippen LogP contribution in [0.5, 0.6) is 0 Å². The van der Waals surface area contributed by atoms with E-state index in [4.69, 9.17) is 0 Å². The molecule has 1 fully saturated rings. The summed E-state index contributed by atoms with van der Waals surface area (Å²) in [5.74, 6) is -0.0731. The summed E-state index contributed by atoms with van der Waals surface area (Å²) in [6.07, 6.45) is 5.46. The SMILES string of the molecule is CCCC(=O)N1CCC1(C)C(=O)Nc1cccc2cnccc12. The number of benzene rings is 1. The molecule has 1 N–H and O–H groups in total. The van der Waals surface area contributed by atoms with Crippen LogP contribution in [0.1, 0.15) is 33.1 Å². The lowest BCUT2D eigenvalue weighted by Gasteiger charge is -2.49. The number of fused-ring (bicyclic) bond motifs is 1. The Bertz CT molecular complexity index is 754. The summed E-state index contributed by atoms with van der Waals surface area (Å²) in [5.41, 5.74) is 0.00691. The average Bonchev–Trinajstić information content (AvgIpc) is 2.53. The minimum absolute atomic E-state index is 0.0542. The van der Waals surface area contributed by atoms with Crippen molar-refractivity contribution >= 4 is 28.3 Å². The molecule has 1 aromatic carbocycles. The topological polar surface area (TPSA) is 62.3 Å². The highest BCUT2D eigenvalue weighted by Crippen LogP contribution is 2.33. The first kappa shape index (κ1) is 15.5. The lowest BCUT2D eigenvalue weighted by Crippen LogP contribution is -2.66. The fourth-order valence-corrected chi connectivity index (χ4v) is 3.03. The summed E-state index contributed by atoms with van der Waals surface area (Å²) < 4.78 is 0. The zero-order chi connectivity index (χ0) is 16.4. The lowest BCUT2D eigenvalue weighted by atomic mass is 9.85. The number of carbonyl (C=O) groups excluding carboxylic acids is 2. The predicted octanol–water partition coefficient (Wildman–Crippen LogP) is 2.96. The van der Waals surface area contributed by atoms with Crippen molar-refractivity contribution < 1.29 is 9.59 Å². The van der Waals surface area contributed by atoms with Crippen LogP contribution in [0.4, 0.5) is 5.69 Å². The second-order valence-corrected chi connectivity index (χ2v) is 6.18. The Morgan fingerprint density at radius 2 is 2.17 bits per heavy atom. The first-order chi connectivity index (χ1) is 11.1. The van der Waals surface area contributed by atoms with Crippen LogP contribution >= 0.6 is 0 Å². The van der Waals surface area contributed by atoms with E-state index in [0.717, 1.165) is 22.9 Å². The van der Waals surface area contributed by atoms with Crippen LogP contribution in [0.2, 0.25) is 0 Å². The molecule has 0 radical (unpaired) electrons. The Morgan fingerprint density at radius 1 is 1.35 bits per heavy atom. The van der Waals surface area contributed by atoms with E-state index in [1.165, 1.54) is 0 Å². The molecule has 2 aromatic rings. The molecule has 0 spiro atoms. The molecule has 120 valence electrons. The van der Waals surface area contributed by atoms with Crippen LogP contribution in [0, 0.1) is 0 Å². The molecule has 1 unspecified atom stereocenters. The van der Waals surface area contributed by atoms with Gasteiger partial charge in [-0.25, -0.2) is 0 Å². The highest BCUT2D eigenvalue weighted by Gasteiger charge is 2.49. The van der Waals surface area contributed by atoms with Crippen LogP contribution in [-0.2, 0) is 9.59 Å². The van der Waals surface area contributed by atoms with Crippen LogP contribution in [0.3, 0.4) is 0 Å². The number of hydrogen-bond acceptors (Lipinski definition) is 3. The van der Waals surface area contributed by atoms with Crippen molar-refractivity contribution in [3.63, 3.8) is 0 Å². The molecule has 2 heterocycles. The molecular weight excluding hydrogens is 290 g/mol. The highest BCUT2D eigenvalue weighted by molar-refractivity contribution is 6.06. The summed E-state index contributed by atoms with van der Waals surface area (Å²) in [6, 6.07) is 7.61. The van der Waals surface area contributed by atoms with E-state index in [2.05, 4.69) is 10.3 Å². The fraction of sp³-hybridized carbons (Fsp3) is 0.389. The maximum absolute atomic E-state index is 12.8. The van der Waals surface area contributed by atoms with E-state index < -0.39 is 5.54 Å². The normalized spacial score (nSPS) is 20.2. The van der Waals surface area contributed by atoms with Crippen molar-refractivity contribution in [2.75, 3.05) is 11.9 Å². The van der Waals surface area contributed by atoms with E-state index in [1.54, 1.807) is 17.3 Å². The van der Waals surface area contributed by atoms with Gasteiger partial charge in [0.15, 0.2) is 0 Å². The number of amides is 2. The van der Waals surface area contributed by atoms with E-state index in [1.807, 2.05) is 38.1 Å². The molecule has 1 aliphatic rings.